The highest BCUT2D eigenvalue weighted by Crippen LogP contribution is 2.35. The van der Waals surface area contributed by atoms with Gasteiger partial charge in [0.25, 0.3) is 0 Å². The molecule has 1 N–H and O–H groups in total. The van der Waals surface area contributed by atoms with Gasteiger partial charge in [0.05, 0.1) is 0 Å². The molecule has 25 heavy (non-hydrogen) atoms. The van der Waals surface area contributed by atoms with Gasteiger partial charge in [-0.25, -0.2) is 0 Å². The molecule has 3 aromatic rings. The van der Waals surface area contributed by atoms with Gasteiger partial charge in [0.2, 0.25) is 6.29 Å². The lowest BCUT2D eigenvalue weighted by Gasteiger charge is -2.25. The standard InChI is InChI=1S/C21H18ClNO2/c1-2-21(24)25-20-14-12-19(13-15-20)23(17-6-4-3-5-7-17)18-10-8-16(22)9-11-18/h2-15,21,24H,1H2. The van der Waals surface area contributed by atoms with Crippen molar-refractivity contribution in [1.82, 2.24) is 0 Å². The number of hydrogen-bond donors (Lipinski definition) is 1. The molecule has 1 atom stereocenters. The van der Waals surface area contributed by atoms with E-state index in [1.54, 1.807) is 0 Å². The molecule has 0 aliphatic rings. The maximum Gasteiger partial charge on any atom is 0.216 e. The van der Waals surface area contributed by atoms with Crippen molar-refractivity contribution in [1.29, 1.82) is 0 Å². The first-order valence-corrected chi connectivity index (χ1v) is 8.23. The quantitative estimate of drug-likeness (QED) is 0.457. The molecule has 3 nitrogen and oxygen atoms in total. The number of ether oxygens (including phenoxy) is 1. The molecule has 0 saturated carbocycles. The van der Waals surface area contributed by atoms with Crippen molar-refractivity contribution in [3.05, 3.63) is 96.5 Å². The van der Waals surface area contributed by atoms with Crippen LogP contribution in [0.15, 0.2) is 91.5 Å². The second kappa shape index (κ2) is 7.88. The molecule has 0 aliphatic carbocycles. The SMILES string of the molecule is C=CC(O)Oc1ccc(N(c2ccccc2)c2ccc(Cl)cc2)cc1. The van der Waals surface area contributed by atoms with Crippen molar-refractivity contribution in [2.75, 3.05) is 4.90 Å². The zero-order chi connectivity index (χ0) is 17.6. The number of aliphatic hydroxyl groups is 1. The van der Waals surface area contributed by atoms with Gasteiger partial charge < -0.3 is 14.7 Å². The third-order valence-electron chi connectivity index (χ3n) is 3.65. The van der Waals surface area contributed by atoms with Gasteiger partial charge >= 0.3 is 0 Å². The average Bonchev–Trinajstić information content (AvgIpc) is 2.66. The summed E-state index contributed by atoms with van der Waals surface area (Å²) in [5.41, 5.74) is 2.99. The Balaban J connectivity index is 1.97. The summed E-state index contributed by atoms with van der Waals surface area (Å²) in [6.07, 6.45) is 0.310. The van der Waals surface area contributed by atoms with Crippen LogP contribution in [0.5, 0.6) is 5.75 Å². The fourth-order valence-corrected chi connectivity index (χ4v) is 2.60. The van der Waals surface area contributed by atoms with E-state index < -0.39 is 6.29 Å². The summed E-state index contributed by atoms with van der Waals surface area (Å²) >= 11 is 6.02. The Hall–Kier alpha value is -2.75. The summed E-state index contributed by atoms with van der Waals surface area (Å²) < 4.78 is 5.33. The molecule has 0 saturated heterocycles. The molecular formula is C21H18ClNO2. The molecule has 0 aromatic heterocycles. The van der Waals surface area contributed by atoms with E-state index in [-0.39, 0.29) is 0 Å². The minimum atomic E-state index is -1.02. The summed E-state index contributed by atoms with van der Waals surface area (Å²) in [6, 6.07) is 25.2. The third-order valence-corrected chi connectivity index (χ3v) is 3.90. The van der Waals surface area contributed by atoms with Gasteiger partial charge in [-0.1, -0.05) is 36.4 Å². The van der Waals surface area contributed by atoms with Crippen molar-refractivity contribution < 1.29 is 9.84 Å². The van der Waals surface area contributed by atoms with Crippen LogP contribution in [-0.2, 0) is 0 Å². The molecular weight excluding hydrogens is 334 g/mol. The number of halogens is 1. The topological polar surface area (TPSA) is 32.7 Å². The Morgan fingerprint density at radius 1 is 0.840 bits per heavy atom. The van der Waals surface area contributed by atoms with Crippen LogP contribution >= 0.6 is 11.6 Å². The van der Waals surface area contributed by atoms with Crippen molar-refractivity contribution in [3.8, 4) is 5.75 Å². The normalized spacial score (nSPS) is 11.6. The molecule has 0 fully saturated rings. The molecule has 1 unspecified atom stereocenters. The van der Waals surface area contributed by atoms with Crippen LogP contribution in [0, 0.1) is 0 Å². The number of rotatable bonds is 6. The minimum Gasteiger partial charge on any atom is -0.461 e. The summed E-state index contributed by atoms with van der Waals surface area (Å²) in [5, 5.41) is 10.2. The van der Waals surface area contributed by atoms with Gasteiger partial charge in [0.15, 0.2) is 0 Å². The van der Waals surface area contributed by atoms with E-state index in [9.17, 15) is 5.11 Å². The van der Waals surface area contributed by atoms with E-state index in [2.05, 4.69) is 11.5 Å². The molecule has 0 spiro atoms. The lowest BCUT2D eigenvalue weighted by Crippen LogP contribution is -2.12. The van der Waals surface area contributed by atoms with Crippen LogP contribution in [0.1, 0.15) is 0 Å². The Morgan fingerprint density at radius 2 is 1.36 bits per heavy atom. The first-order chi connectivity index (χ1) is 12.2. The zero-order valence-corrected chi connectivity index (χ0v) is 14.3. The van der Waals surface area contributed by atoms with Crippen LogP contribution in [0.2, 0.25) is 5.02 Å². The largest absolute Gasteiger partial charge is 0.461 e. The molecule has 126 valence electrons. The molecule has 3 rings (SSSR count). The molecule has 4 heteroatoms. The van der Waals surface area contributed by atoms with Crippen LogP contribution in [0.4, 0.5) is 17.1 Å². The second-order valence-corrected chi connectivity index (χ2v) is 5.82. The molecule has 0 aliphatic heterocycles. The van der Waals surface area contributed by atoms with E-state index in [1.165, 1.54) is 6.08 Å². The van der Waals surface area contributed by atoms with E-state index in [4.69, 9.17) is 16.3 Å². The molecule has 3 aromatic carbocycles. The Kier molecular flexibility index (Phi) is 5.39. The van der Waals surface area contributed by atoms with Crippen LogP contribution in [-0.4, -0.2) is 11.4 Å². The maximum absolute atomic E-state index is 9.51. The summed E-state index contributed by atoms with van der Waals surface area (Å²) in [6.45, 7) is 3.49. The van der Waals surface area contributed by atoms with Gasteiger partial charge in [0, 0.05) is 22.1 Å². The molecule has 0 bridgehead atoms. The summed E-state index contributed by atoms with van der Waals surface area (Å²) in [4.78, 5) is 2.12. The predicted molar refractivity (Wildman–Crippen MR) is 103 cm³/mol. The monoisotopic (exact) mass is 351 g/mol. The van der Waals surface area contributed by atoms with Crippen LogP contribution in [0.3, 0.4) is 0 Å². The fraction of sp³-hybridized carbons (Fsp3) is 0.0476. The second-order valence-electron chi connectivity index (χ2n) is 5.39. The fourth-order valence-electron chi connectivity index (χ4n) is 2.48. The lowest BCUT2D eigenvalue weighted by molar-refractivity contribution is 0.0251. The van der Waals surface area contributed by atoms with Crippen LogP contribution in [0.25, 0.3) is 0 Å². The van der Waals surface area contributed by atoms with Gasteiger partial charge in [-0.3, -0.25) is 0 Å². The van der Waals surface area contributed by atoms with E-state index >= 15 is 0 Å². The zero-order valence-electron chi connectivity index (χ0n) is 13.5. The number of anilines is 3. The number of para-hydroxylation sites is 1. The Labute approximate surface area is 152 Å². The highest BCUT2D eigenvalue weighted by Gasteiger charge is 2.12. The number of benzene rings is 3. The lowest BCUT2D eigenvalue weighted by atomic mass is 10.2. The summed E-state index contributed by atoms with van der Waals surface area (Å²) in [7, 11) is 0. The van der Waals surface area contributed by atoms with Crippen molar-refractivity contribution >= 4 is 28.7 Å². The predicted octanol–water partition coefficient (Wildman–Crippen LogP) is 5.69. The number of aliphatic hydroxyl groups excluding tert-OH is 1. The first kappa shape index (κ1) is 17.1. The van der Waals surface area contributed by atoms with Crippen molar-refractivity contribution in [2.24, 2.45) is 0 Å². The van der Waals surface area contributed by atoms with Gasteiger partial charge in [-0.2, -0.15) is 0 Å². The van der Waals surface area contributed by atoms with Gasteiger partial charge in [-0.15, -0.1) is 0 Å². The third kappa shape index (κ3) is 4.21. The average molecular weight is 352 g/mol. The number of hydrogen-bond acceptors (Lipinski definition) is 3. The highest BCUT2D eigenvalue weighted by atomic mass is 35.5. The molecule has 0 radical (unpaired) electrons. The Bertz CT molecular complexity index is 817. The van der Waals surface area contributed by atoms with E-state index in [0.29, 0.717) is 10.8 Å². The first-order valence-electron chi connectivity index (χ1n) is 7.85. The molecule has 0 heterocycles. The number of nitrogens with zero attached hydrogens (tertiary/aromatic N) is 1. The van der Waals surface area contributed by atoms with Gasteiger partial charge in [-0.05, 0) is 66.7 Å². The van der Waals surface area contributed by atoms with Crippen molar-refractivity contribution in [3.63, 3.8) is 0 Å². The van der Waals surface area contributed by atoms with E-state index in [1.807, 2.05) is 78.9 Å². The maximum atomic E-state index is 9.51. The highest BCUT2D eigenvalue weighted by molar-refractivity contribution is 6.30. The Morgan fingerprint density at radius 3 is 1.92 bits per heavy atom. The minimum absolute atomic E-state index is 0.570. The van der Waals surface area contributed by atoms with Crippen LogP contribution < -0.4 is 9.64 Å². The smallest absolute Gasteiger partial charge is 0.216 e. The molecule has 0 amide bonds. The van der Waals surface area contributed by atoms with Gasteiger partial charge in [0.1, 0.15) is 5.75 Å². The van der Waals surface area contributed by atoms with Crippen molar-refractivity contribution in [2.45, 2.75) is 6.29 Å². The summed E-state index contributed by atoms with van der Waals surface area (Å²) in [5.74, 6) is 0.570. The van der Waals surface area contributed by atoms with E-state index in [0.717, 1.165) is 17.1 Å².